The van der Waals surface area contributed by atoms with Crippen molar-refractivity contribution in [1.29, 1.82) is 0 Å². The van der Waals surface area contributed by atoms with Gasteiger partial charge in [0, 0.05) is 10.5 Å². The second kappa shape index (κ2) is 4.91. The summed E-state index contributed by atoms with van der Waals surface area (Å²) in [6, 6.07) is 6.56. The van der Waals surface area contributed by atoms with Gasteiger partial charge in [-0.25, -0.2) is 0 Å². The van der Waals surface area contributed by atoms with Crippen LogP contribution in [0.2, 0.25) is 0 Å². The van der Waals surface area contributed by atoms with Crippen molar-refractivity contribution in [3.8, 4) is 0 Å². The first-order valence-electron chi connectivity index (χ1n) is 4.78. The molecule has 1 unspecified atom stereocenters. The van der Waals surface area contributed by atoms with Crippen LogP contribution < -0.4 is 11.3 Å². The monoisotopic (exact) mass is 256 g/mol. The first-order chi connectivity index (χ1) is 6.56. The highest BCUT2D eigenvalue weighted by molar-refractivity contribution is 9.10. The Morgan fingerprint density at radius 3 is 2.43 bits per heavy atom. The van der Waals surface area contributed by atoms with Gasteiger partial charge in [0.05, 0.1) is 0 Å². The Balaban J connectivity index is 3.00. The second-order valence-corrected chi connectivity index (χ2v) is 4.75. The van der Waals surface area contributed by atoms with E-state index in [1.165, 1.54) is 11.1 Å². The minimum atomic E-state index is 0.215. The van der Waals surface area contributed by atoms with Crippen LogP contribution in [0.1, 0.15) is 31.0 Å². The van der Waals surface area contributed by atoms with E-state index in [-0.39, 0.29) is 6.04 Å². The molecule has 0 amide bonds. The average molecular weight is 257 g/mol. The van der Waals surface area contributed by atoms with Crippen molar-refractivity contribution in [1.82, 2.24) is 5.43 Å². The number of nitrogens with two attached hydrogens (primary N) is 1. The van der Waals surface area contributed by atoms with E-state index in [4.69, 9.17) is 5.84 Å². The molecule has 0 radical (unpaired) electrons. The molecule has 0 fully saturated rings. The van der Waals surface area contributed by atoms with Crippen LogP contribution >= 0.6 is 15.9 Å². The highest BCUT2D eigenvalue weighted by Gasteiger charge is 2.14. The van der Waals surface area contributed by atoms with Gasteiger partial charge in [0.25, 0.3) is 0 Å². The van der Waals surface area contributed by atoms with Gasteiger partial charge in [0.2, 0.25) is 0 Å². The average Bonchev–Trinajstić information content (AvgIpc) is 2.11. The van der Waals surface area contributed by atoms with Crippen molar-refractivity contribution in [3.05, 3.63) is 33.8 Å². The third-order valence-electron chi connectivity index (χ3n) is 2.40. The van der Waals surface area contributed by atoms with Gasteiger partial charge in [0.15, 0.2) is 0 Å². The zero-order valence-electron chi connectivity index (χ0n) is 8.84. The van der Waals surface area contributed by atoms with Crippen LogP contribution in [0.3, 0.4) is 0 Å². The maximum Gasteiger partial charge on any atom is 0.0483 e. The summed E-state index contributed by atoms with van der Waals surface area (Å²) in [6.07, 6.45) is 0. The van der Waals surface area contributed by atoms with Gasteiger partial charge in [-0.3, -0.25) is 11.3 Å². The summed E-state index contributed by atoms with van der Waals surface area (Å²) in [7, 11) is 0. The van der Waals surface area contributed by atoms with E-state index in [2.05, 4.69) is 60.3 Å². The molecule has 0 saturated heterocycles. The van der Waals surface area contributed by atoms with Crippen LogP contribution in [0.25, 0.3) is 0 Å². The highest BCUT2D eigenvalue weighted by Crippen LogP contribution is 2.25. The maximum absolute atomic E-state index is 5.53. The van der Waals surface area contributed by atoms with Crippen LogP contribution in [-0.4, -0.2) is 0 Å². The molecule has 0 aliphatic rings. The van der Waals surface area contributed by atoms with Gasteiger partial charge in [0.1, 0.15) is 0 Å². The van der Waals surface area contributed by atoms with Crippen LogP contribution in [0.15, 0.2) is 22.7 Å². The standard InChI is InChI=1S/C11H17BrN2/c1-7(2)11(14-13)9-5-4-8(3)10(12)6-9/h4-7,11,14H,13H2,1-3H3. The molecule has 3 N–H and O–H groups in total. The van der Waals surface area contributed by atoms with E-state index in [9.17, 15) is 0 Å². The smallest absolute Gasteiger partial charge is 0.0483 e. The molecule has 1 aromatic carbocycles. The van der Waals surface area contributed by atoms with Crippen LogP contribution in [0.5, 0.6) is 0 Å². The zero-order chi connectivity index (χ0) is 10.7. The molecule has 2 nitrogen and oxygen atoms in total. The molecule has 0 heterocycles. The van der Waals surface area contributed by atoms with Crippen LogP contribution in [0, 0.1) is 12.8 Å². The fourth-order valence-corrected chi connectivity index (χ4v) is 1.87. The molecule has 0 saturated carbocycles. The van der Waals surface area contributed by atoms with Crippen LogP contribution in [-0.2, 0) is 0 Å². The molecular weight excluding hydrogens is 240 g/mol. The lowest BCUT2D eigenvalue weighted by Gasteiger charge is -2.20. The number of aryl methyl sites for hydroxylation is 1. The first-order valence-corrected chi connectivity index (χ1v) is 5.57. The third-order valence-corrected chi connectivity index (χ3v) is 3.26. The summed E-state index contributed by atoms with van der Waals surface area (Å²) >= 11 is 3.52. The summed E-state index contributed by atoms with van der Waals surface area (Å²) in [5.74, 6) is 6.01. The number of hydrogen-bond acceptors (Lipinski definition) is 2. The summed E-state index contributed by atoms with van der Waals surface area (Å²) < 4.78 is 1.14. The molecule has 0 bridgehead atoms. The van der Waals surface area contributed by atoms with E-state index in [0.717, 1.165) is 4.47 Å². The fraction of sp³-hybridized carbons (Fsp3) is 0.455. The lowest BCUT2D eigenvalue weighted by molar-refractivity contribution is 0.421. The van der Waals surface area contributed by atoms with E-state index < -0.39 is 0 Å². The predicted molar refractivity (Wildman–Crippen MR) is 63.8 cm³/mol. The van der Waals surface area contributed by atoms with E-state index >= 15 is 0 Å². The second-order valence-electron chi connectivity index (χ2n) is 3.90. The maximum atomic E-state index is 5.53. The van der Waals surface area contributed by atoms with Crippen molar-refractivity contribution in [2.45, 2.75) is 26.8 Å². The quantitative estimate of drug-likeness (QED) is 0.645. The largest absolute Gasteiger partial charge is 0.271 e. The minimum absolute atomic E-state index is 0.215. The van der Waals surface area contributed by atoms with Gasteiger partial charge in [-0.2, -0.15) is 0 Å². The summed E-state index contributed by atoms with van der Waals surface area (Å²) in [5.41, 5.74) is 5.31. The Bertz CT molecular complexity index is 310. The molecule has 78 valence electrons. The molecule has 0 spiro atoms. The zero-order valence-corrected chi connectivity index (χ0v) is 10.4. The van der Waals surface area contributed by atoms with Gasteiger partial charge >= 0.3 is 0 Å². The molecule has 0 aliphatic carbocycles. The molecule has 0 aromatic heterocycles. The van der Waals surface area contributed by atoms with Crippen molar-refractivity contribution >= 4 is 15.9 Å². The number of hydrogen-bond donors (Lipinski definition) is 2. The van der Waals surface area contributed by atoms with Gasteiger partial charge in [-0.15, -0.1) is 0 Å². The number of halogens is 1. The topological polar surface area (TPSA) is 38.0 Å². The number of rotatable bonds is 3. The van der Waals surface area contributed by atoms with Crippen LogP contribution in [0.4, 0.5) is 0 Å². The van der Waals surface area contributed by atoms with Crippen molar-refractivity contribution in [2.75, 3.05) is 0 Å². The summed E-state index contributed by atoms with van der Waals surface area (Å²) in [4.78, 5) is 0. The molecule has 0 aliphatic heterocycles. The first kappa shape index (κ1) is 11.7. The number of hydrazine groups is 1. The number of nitrogens with one attached hydrogen (secondary N) is 1. The predicted octanol–water partition coefficient (Wildman–Crippen LogP) is 2.92. The summed E-state index contributed by atoms with van der Waals surface area (Å²) in [6.45, 7) is 6.38. The SMILES string of the molecule is Cc1ccc(C(NN)C(C)C)cc1Br. The van der Waals surface area contributed by atoms with E-state index in [0.29, 0.717) is 5.92 Å². The van der Waals surface area contributed by atoms with Crippen molar-refractivity contribution in [3.63, 3.8) is 0 Å². The Labute approximate surface area is 94.0 Å². The highest BCUT2D eigenvalue weighted by atomic mass is 79.9. The van der Waals surface area contributed by atoms with Gasteiger partial charge < -0.3 is 0 Å². The molecule has 1 rings (SSSR count). The Hall–Kier alpha value is -0.380. The minimum Gasteiger partial charge on any atom is -0.271 e. The molecule has 3 heteroatoms. The van der Waals surface area contributed by atoms with Crippen molar-refractivity contribution < 1.29 is 0 Å². The lowest BCUT2D eigenvalue weighted by Crippen LogP contribution is -2.31. The number of benzene rings is 1. The third kappa shape index (κ3) is 2.56. The molecule has 1 aromatic rings. The molecular formula is C11H17BrN2. The Morgan fingerprint density at radius 1 is 1.36 bits per heavy atom. The van der Waals surface area contributed by atoms with Crippen molar-refractivity contribution in [2.24, 2.45) is 11.8 Å². The van der Waals surface area contributed by atoms with Gasteiger partial charge in [-0.1, -0.05) is 41.9 Å². The van der Waals surface area contributed by atoms with E-state index in [1.807, 2.05) is 0 Å². The van der Waals surface area contributed by atoms with Gasteiger partial charge in [-0.05, 0) is 30.0 Å². The Kier molecular flexibility index (Phi) is 4.11. The fourth-order valence-electron chi connectivity index (χ4n) is 1.48. The lowest BCUT2D eigenvalue weighted by atomic mass is 9.96. The molecule has 14 heavy (non-hydrogen) atoms. The van der Waals surface area contributed by atoms with E-state index in [1.54, 1.807) is 0 Å². The Morgan fingerprint density at radius 2 is 2.00 bits per heavy atom. The molecule has 1 atom stereocenters. The normalized spacial score (nSPS) is 13.3. The summed E-state index contributed by atoms with van der Waals surface area (Å²) in [5, 5.41) is 0.